The molecular weight excluding hydrogens is 485 g/mol. The summed E-state index contributed by atoms with van der Waals surface area (Å²) >= 11 is 3.46. The molecule has 2 aliphatic rings. The molecule has 3 atom stereocenters. The molecule has 1 aliphatic heterocycles. The third-order valence-electron chi connectivity index (χ3n) is 5.53. The number of piperidine rings is 1. The van der Waals surface area contributed by atoms with Crippen LogP contribution in [0, 0.1) is 5.92 Å². The van der Waals surface area contributed by atoms with Gasteiger partial charge in [-0.25, -0.2) is 13.1 Å². The Labute approximate surface area is 183 Å². The van der Waals surface area contributed by atoms with Crippen LogP contribution in [0.2, 0.25) is 0 Å². The molecular formula is C20H26BrF3N2O3S. The summed E-state index contributed by atoms with van der Waals surface area (Å²) in [6, 6.07) is 8.99. The van der Waals surface area contributed by atoms with E-state index >= 15 is 0 Å². The third kappa shape index (κ3) is 6.53. The molecule has 0 amide bonds. The van der Waals surface area contributed by atoms with Crippen LogP contribution in [0.5, 0.6) is 0 Å². The first-order chi connectivity index (χ1) is 14.1. The summed E-state index contributed by atoms with van der Waals surface area (Å²) in [5.41, 5.74) is -4.21. The van der Waals surface area contributed by atoms with Crippen molar-refractivity contribution in [2.45, 2.75) is 49.9 Å². The van der Waals surface area contributed by atoms with Crippen LogP contribution in [0.4, 0.5) is 13.2 Å². The van der Waals surface area contributed by atoms with Gasteiger partial charge in [-0.3, -0.25) is 4.90 Å². The van der Waals surface area contributed by atoms with E-state index in [4.69, 9.17) is 4.74 Å². The highest BCUT2D eigenvalue weighted by atomic mass is 79.9. The average Bonchev–Trinajstić information content (AvgIpc) is 2.69. The number of benzene rings is 1. The molecule has 1 aromatic rings. The van der Waals surface area contributed by atoms with Crippen molar-refractivity contribution in [3.8, 4) is 0 Å². The lowest BCUT2D eigenvalue weighted by Gasteiger charge is -2.39. The second-order valence-electron chi connectivity index (χ2n) is 7.82. The van der Waals surface area contributed by atoms with Crippen LogP contribution in [0.3, 0.4) is 0 Å². The Morgan fingerprint density at radius 1 is 1.20 bits per heavy atom. The summed E-state index contributed by atoms with van der Waals surface area (Å²) in [5.74, 6) is -0.367. The molecule has 0 spiro atoms. The minimum atomic E-state index is -5.40. The van der Waals surface area contributed by atoms with Crippen molar-refractivity contribution in [1.29, 1.82) is 0 Å². The van der Waals surface area contributed by atoms with Crippen LogP contribution in [0.15, 0.2) is 40.9 Å². The van der Waals surface area contributed by atoms with Crippen molar-refractivity contribution in [2.75, 3.05) is 19.7 Å². The number of rotatable bonds is 7. The minimum absolute atomic E-state index is 0.00401. The van der Waals surface area contributed by atoms with E-state index in [0.29, 0.717) is 26.1 Å². The largest absolute Gasteiger partial charge is 0.511 e. The Kier molecular flexibility index (Phi) is 8.00. The number of likely N-dealkylation sites (tertiary alicyclic amines) is 1. The Balaban J connectivity index is 1.66. The first-order valence-electron chi connectivity index (χ1n) is 9.95. The lowest BCUT2D eigenvalue weighted by atomic mass is 9.93. The molecule has 1 fully saturated rings. The molecule has 1 heterocycles. The molecule has 1 aliphatic carbocycles. The van der Waals surface area contributed by atoms with Gasteiger partial charge < -0.3 is 4.74 Å². The van der Waals surface area contributed by atoms with Gasteiger partial charge in [-0.05, 0) is 35.7 Å². The predicted octanol–water partition coefficient (Wildman–Crippen LogP) is 4.16. The number of nitrogens with one attached hydrogen (secondary N) is 1. The van der Waals surface area contributed by atoms with Gasteiger partial charge in [-0.1, -0.05) is 52.3 Å². The first-order valence-corrected chi connectivity index (χ1v) is 12.2. The van der Waals surface area contributed by atoms with Crippen LogP contribution in [0.25, 0.3) is 0 Å². The van der Waals surface area contributed by atoms with Crippen molar-refractivity contribution < 1.29 is 26.3 Å². The van der Waals surface area contributed by atoms with E-state index in [-0.39, 0.29) is 18.6 Å². The number of hydrogen-bond donors (Lipinski definition) is 1. The van der Waals surface area contributed by atoms with Gasteiger partial charge in [0.05, 0.1) is 12.7 Å². The molecule has 1 saturated heterocycles. The lowest BCUT2D eigenvalue weighted by Crippen LogP contribution is -2.54. The molecule has 0 radical (unpaired) electrons. The number of nitrogens with zero attached hydrogens (tertiary/aromatic N) is 1. The van der Waals surface area contributed by atoms with Gasteiger partial charge in [0.2, 0.25) is 0 Å². The van der Waals surface area contributed by atoms with Gasteiger partial charge in [0.1, 0.15) is 0 Å². The summed E-state index contributed by atoms with van der Waals surface area (Å²) < 4.78 is 71.0. The number of hydrogen-bond acceptors (Lipinski definition) is 4. The Morgan fingerprint density at radius 3 is 2.57 bits per heavy atom. The van der Waals surface area contributed by atoms with Gasteiger partial charge in [-0.15, -0.1) is 0 Å². The highest BCUT2D eigenvalue weighted by molar-refractivity contribution is 9.11. The molecule has 5 nitrogen and oxygen atoms in total. The number of halogens is 4. The van der Waals surface area contributed by atoms with E-state index in [1.807, 2.05) is 41.1 Å². The summed E-state index contributed by atoms with van der Waals surface area (Å²) in [4.78, 5) is 2.14. The van der Waals surface area contributed by atoms with E-state index < -0.39 is 21.6 Å². The molecule has 168 valence electrons. The molecule has 0 aromatic heterocycles. The Bertz CT molecular complexity index is 833. The molecule has 30 heavy (non-hydrogen) atoms. The van der Waals surface area contributed by atoms with Crippen molar-refractivity contribution in [3.63, 3.8) is 0 Å². The normalized spacial score (nSPS) is 26.4. The molecule has 0 saturated carbocycles. The van der Waals surface area contributed by atoms with Crippen LogP contribution >= 0.6 is 15.9 Å². The number of allylic oxidation sites excluding steroid dienone is 1. The minimum Gasteiger partial charge on any atom is -0.377 e. The maximum atomic E-state index is 12.9. The lowest BCUT2D eigenvalue weighted by molar-refractivity contribution is -0.0466. The third-order valence-corrected chi connectivity index (χ3v) is 7.47. The van der Waals surface area contributed by atoms with E-state index in [9.17, 15) is 21.6 Å². The maximum Gasteiger partial charge on any atom is 0.511 e. The molecule has 1 unspecified atom stereocenters. The van der Waals surface area contributed by atoms with Crippen molar-refractivity contribution in [1.82, 2.24) is 9.62 Å². The topological polar surface area (TPSA) is 58.6 Å². The van der Waals surface area contributed by atoms with Crippen LogP contribution in [0.1, 0.15) is 31.2 Å². The van der Waals surface area contributed by atoms with E-state index in [2.05, 4.69) is 20.8 Å². The van der Waals surface area contributed by atoms with E-state index in [1.54, 1.807) is 0 Å². The molecule has 1 N–H and O–H groups in total. The standard InChI is InChI=1S/C20H26BrF3N2O3S/c21-17-6-8-18(9-7-17)29-14-16-13-26(12-15-4-2-1-3-5-15)11-10-19(16)25-30(27,28)20(22,23)24/h1-6,16,18-19,25H,7-14H2/t16-,18?,19-/m0/s1. The van der Waals surface area contributed by atoms with Crippen LogP contribution < -0.4 is 4.72 Å². The smallest absolute Gasteiger partial charge is 0.377 e. The van der Waals surface area contributed by atoms with Gasteiger partial charge in [0.15, 0.2) is 0 Å². The zero-order chi connectivity index (χ0) is 21.8. The maximum absolute atomic E-state index is 12.9. The van der Waals surface area contributed by atoms with Crippen LogP contribution in [-0.2, 0) is 21.3 Å². The van der Waals surface area contributed by atoms with Crippen molar-refractivity contribution in [3.05, 3.63) is 46.5 Å². The number of sulfonamides is 1. The fraction of sp³-hybridized carbons (Fsp3) is 0.600. The average molecular weight is 511 g/mol. The zero-order valence-electron chi connectivity index (χ0n) is 16.4. The highest BCUT2D eigenvalue weighted by Gasteiger charge is 2.48. The monoisotopic (exact) mass is 510 g/mol. The van der Waals surface area contributed by atoms with Gasteiger partial charge >= 0.3 is 15.5 Å². The summed E-state index contributed by atoms with van der Waals surface area (Å²) in [6.07, 6.45) is 4.76. The van der Waals surface area contributed by atoms with Crippen LogP contribution in [-0.4, -0.2) is 50.7 Å². The molecule has 0 bridgehead atoms. The quantitative estimate of drug-likeness (QED) is 0.598. The fourth-order valence-corrected chi connectivity index (χ4v) is 5.13. The predicted molar refractivity (Wildman–Crippen MR) is 112 cm³/mol. The second kappa shape index (κ2) is 10.1. The molecule has 1 aromatic carbocycles. The van der Waals surface area contributed by atoms with Gasteiger partial charge in [0, 0.05) is 31.6 Å². The highest BCUT2D eigenvalue weighted by Crippen LogP contribution is 2.28. The zero-order valence-corrected chi connectivity index (χ0v) is 18.8. The number of alkyl halides is 3. The van der Waals surface area contributed by atoms with E-state index in [1.165, 1.54) is 0 Å². The number of ether oxygens (including phenoxy) is 1. The second-order valence-corrected chi connectivity index (χ2v) is 10.5. The van der Waals surface area contributed by atoms with Gasteiger partial charge in [0.25, 0.3) is 0 Å². The van der Waals surface area contributed by atoms with Gasteiger partial charge in [-0.2, -0.15) is 13.2 Å². The SMILES string of the molecule is O=S(=O)(N[C@H]1CCN(Cc2ccccc2)C[C@H]1COC1CC=C(Br)CC1)C(F)(F)F. The first kappa shape index (κ1) is 23.7. The summed E-state index contributed by atoms with van der Waals surface area (Å²) in [5, 5.41) is 0. The molecule has 10 heteroatoms. The Hall–Kier alpha value is -0.940. The molecule has 3 rings (SSSR count). The van der Waals surface area contributed by atoms with E-state index in [0.717, 1.165) is 29.3 Å². The Morgan fingerprint density at radius 2 is 1.93 bits per heavy atom. The fourth-order valence-electron chi connectivity index (χ4n) is 3.87. The van der Waals surface area contributed by atoms with Crippen molar-refractivity contribution >= 4 is 26.0 Å². The summed E-state index contributed by atoms with van der Waals surface area (Å²) in [7, 11) is -5.40. The van der Waals surface area contributed by atoms with Crippen molar-refractivity contribution in [2.24, 2.45) is 5.92 Å². The summed E-state index contributed by atoms with van der Waals surface area (Å²) in [6.45, 7) is 1.85.